The highest BCUT2D eigenvalue weighted by Crippen LogP contribution is 2.09. The van der Waals surface area contributed by atoms with E-state index in [2.05, 4.69) is 10.4 Å². The molecule has 0 fully saturated rings. The molecule has 1 rings (SSSR count). The molecule has 5 nitrogen and oxygen atoms in total. The molecule has 0 radical (unpaired) electrons. The maximum Gasteiger partial charge on any atom is 0.241 e. The molecule has 0 aliphatic rings. The van der Waals surface area contributed by atoms with Crippen molar-refractivity contribution in [1.29, 1.82) is 0 Å². The third kappa shape index (κ3) is 3.86. The number of nitrogens with one attached hydrogen (secondary N) is 1. The summed E-state index contributed by atoms with van der Waals surface area (Å²) in [6, 6.07) is 1.72. The lowest BCUT2D eigenvalue weighted by molar-refractivity contribution is -0.122. The van der Waals surface area contributed by atoms with Gasteiger partial charge in [-0.3, -0.25) is 9.48 Å². The van der Waals surface area contributed by atoms with Crippen LogP contribution in [0, 0.1) is 0 Å². The Hall–Kier alpha value is -1.01. The molecule has 1 amide bonds. The second-order valence-corrected chi connectivity index (χ2v) is 4.59. The van der Waals surface area contributed by atoms with Crippen LogP contribution in [0.3, 0.4) is 0 Å². The lowest BCUT2D eigenvalue weighted by Gasteiger charge is -2.21. The molecule has 0 spiro atoms. The van der Waals surface area contributed by atoms with Crippen molar-refractivity contribution in [3.05, 3.63) is 18.5 Å². The van der Waals surface area contributed by atoms with Gasteiger partial charge < -0.3 is 10.4 Å². The second kappa shape index (κ2) is 6.55. The van der Waals surface area contributed by atoms with Gasteiger partial charge in [-0.15, -0.1) is 0 Å². The van der Waals surface area contributed by atoms with Crippen molar-refractivity contribution in [3.8, 4) is 0 Å². The highest BCUT2D eigenvalue weighted by atomic mass is 32.2. The summed E-state index contributed by atoms with van der Waals surface area (Å²) in [4.78, 5) is 11.6. The average molecular weight is 243 g/mol. The van der Waals surface area contributed by atoms with Crippen LogP contribution in [0.4, 0.5) is 0 Å². The van der Waals surface area contributed by atoms with E-state index in [-0.39, 0.29) is 30.4 Å². The van der Waals surface area contributed by atoms with Gasteiger partial charge in [-0.25, -0.2) is 0 Å². The molecule has 0 aliphatic carbocycles. The van der Waals surface area contributed by atoms with E-state index in [0.29, 0.717) is 0 Å². The number of carbonyl (C=O) groups is 1. The summed E-state index contributed by atoms with van der Waals surface area (Å²) < 4.78 is 1.56. The van der Waals surface area contributed by atoms with Crippen LogP contribution in [0.5, 0.6) is 0 Å². The SMILES string of the molecule is CSC(CO)C(C)NC(=O)Cn1cccn1. The predicted molar refractivity (Wildman–Crippen MR) is 64.2 cm³/mol. The summed E-state index contributed by atoms with van der Waals surface area (Å²) in [5.74, 6) is -0.0938. The maximum atomic E-state index is 11.6. The van der Waals surface area contributed by atoms with Crippen LogP contribution >= 0.6 is 11.8 Å². The number of amides is 1. The summed E-state index contributed by atoms with van der Waals surface area (Å²) in [7, 11) is 0. The first-order valence-corrected chi connectivity index (χ1v) is 6.36. The van der Waals surface area contributed by atoms with E-state index in [1.54, 1.807) is 34.9 Å². The Morgan fingerprint density at radius 2 is 2.44 bits per heavy atom. The van der Waals surface area contributed by atoms with Crippen molar-refractivity contribution in [2.24, 2.45) is 0 Å². The summed E-state index contributed by atoms with van der Waals surface area (Å²) in [5.41, 5.74) is 0. The average Bonchev–Trinajstić information content (AvgIpc) is 2.71. The Morgan fingerprint density at radius 1 is 1.69 bits per heavy atom. The van der Waals surface area contributed by atoms with Crippen LogP contribution in [0.15, 0.2) is 18.5 Å². The van der Waals surface area contributed by atoms with Crippen molar-refractivity contribution >= 4 is 17.7 Å². The largest absolute Gasteiger partial charge is 0.395 e. The Morgan fingerprint density at radius 3 is 2.94 bits per heavy atom. The molecule has 0 saturated heterocycles. The quantitative estimate of drug-likeness (QED) is 0.744. The van der Waals surface area contributed by atoms with Crippen molar-refractivity contribution in [3.63, 3.8) is 0 Å². The minimum Gasteiger partial charge on any atom is -0.395 e. The van der Waals surface area contributed by atoms with Gasteiger partial charge in [-0.05, 0) is 19.2 Å². The zero-order valence-corrected chi connectivity index (χ0v) is 10.3. The highest BCUT2D eigenvalue weighted by molar-refractivity contribution is 7.99. The Bertz CT molecular complexity index is 312. The van der Waals surface area contributed by atoms with Crippen LogP contribution in [-0.2, 0) is 11.3 Å². The number of nitrogens with zero attached hydrogens (tertiary/aromatic N) is 2. The van der Waals surface area contributed by atoms with Gasteiger partial charge in [0, 0.05) is 23.7 Å². The third-order valence-corrected chi connectivity index (χ3v) is 3.46. The molecule has 16 heavy (non-hydrogen) atoms. The van der Waals surface area contributed by atoms with Crippen molar-refractivity contribution in [2.75, 3.05) is 12.9 Å². The van der Waals surface area contributed by atoms with Crippen LogP contribution in [0.25, 0.3) is 0 Å². The molecule has 90 valence electrons. The number of carbonyl (C=O) groups excluding carboxylic acids is 1. The Balaban J connectivity index is 2.39. The van der Waals surface area contributed by atoms with Crippen LogP contribution in [0.1, 0.15) is 6.92 Å². The number of aliphatic hydroxyl groups is 1. The zero-order valence-electron chi connectivity index (χ0n) is 9.46. The summed E-state index contributed by atoms with van der Waals surface area (Å²) in [6.07, 6.45) is 5.29. The standard InChI is InChI=1S/C10H17N3O2S/c1-8(9(7-14)16-2)12-10(15)6-13-5-3-4-11-13/h3-5,8-9,14H,6-7H2,1-2H3,(H,12,15). The number of hydrogen-bond acceptors (Lipinski definition) is 4. The van der Waals surface area contributed by atoms with E-state index in [0.717, 1.165) is 0 Å². The molecule has 0 aliphatic heterocycles. The Labute approximate surface area is 99.2 Å². The first kappa shape index (κ1) is 13.1. The molecule has 0 aromatic carbocycles. The van der Waals surface area contributed by atoms with E-state index in [4.69, 9.17) is 5.11 Å². The zero-order chi connectivity index (χ0) is 12.0. The van der Waals surface area contributed by atoms with Gasteiger partial charge in [0.2, 0.25) is 5.91 Å². The molecule has 2 atom stereocenters. The second-order valence-electron chi connectivity index (χ2n) is 3.52. The molecule has 0 saturated carbocycles. The number of hydrogen-bond donors (Lipinski definition) is 2. The fourth-order valence-corrected chi connectivity index (χ4v) is 2.00. The van der Waals surface area contributed by atoms with Gasteiger partial charge >= 0.3 is 0 Å². The molecule has 0 bridgehead atoms. The highest BCUT2D eigenvalue weighted by Gasteiger charge is 2.17. The lowest BCUT2D eigenvalue weighted by Crippen LogP contribution is -2.42. The van der Waals surface area contributed by atoms with Gasteiger partial charge in [0.1, 0.15) is 6.54 Å². The van der Waals surface area contributed by atoms with Crippen molar-refractivity contribution < 1.29 is 9.90 Å². The van der Waals surface area contributed by atoms with Gasteiger partial charge in [-0.2, -0.15) is 16.9 Å². The minimum absolute atomic E-state index is 0.0292. The number of rotatable bonds is 6. The molecular weight excluding hydrogens is 226 g/mol. The van der Waals surface area contributed by atoms with Crippen LogP contribution in [-0.4, -0.2) is 44.9 Å². The first-order valence-electron chi connectivity index (χ1n) is 5.07. The molecule has 1 heterocycles. The predicted octanol–water partition coefficient (Wildman–Crippen LogP) is 0.112. The van der Waals surface area contributed by atoms with Crippen LogP contribution < -0.4 is 5.32 Å². The van der Waals surface area contributed by atoms with E-state index >= 15 is 0 Å². The summed E-state index contributed by atoms with van der Waals surface area (Å²) >= 11 is 1.54. The summed E-state index contributed by atoms with van der Waals surface area (Å²) in [6.45, 7) is 2.16. The number of aliphatic hydroxyl groups excluding tert-OH is 1. The van der Waals surface area contributed by atoms with Gasteiger partial charge in [0.15, 0.2) is 0 Å². The molecule has 2 N–H and O–H groups in total. The first-order chi connectivity index (χ1) is 7.67. The normalized spacial score (nSPS) is 14.4. The van der Waals surface area contributed by atoms with Gasteiger partial charge in [0.25, 0.3) is 0 Å². The van der Waals surface area contributed by atoms with Crippen molar-refractivity contribution in [1.82, 2.24) is 15.1 Å². The Kier molecular flexibility index (Phi) is 5.34. The van der Waals surface area contributed by atoms with E-state index in [9.17, 15) is 4.79 Å². The molecule has 2 unspecified atom stereocenters. The fraction of sp³-hybridized carbons (Fsp3) is 0.600. The number of thioether (sulfide) groups is 1. The third-order valence-electron chi connectivity index (χ3n) is 2.29. The fourth-order valence-electron chi connectivity index (χ4n) is 1.37. The monoisotopic (exact) mass is 243 g/mol. The summed E-state index contributed by atoms with van der Waals surface area (Å²) in [5, 5.41) is 15.9. The molecule has 6 heteroatoms. The minimum atomic E-state index is -0.0938. The lowest BCUT2D eigenvalue weighted by atomic mass is 10.2. The van der Waals surface area contributed by atoms with E-state index < -0.39 is 0 Å². The van der Waals surface area contributed by atoms with Gasteiger partial charge in [0.05, 0.1) is 6.61 Å². The van der Waals surface area contributed by atoms with Crippen LogP contribution in [0.2, 0.25) is 0 Å². The van der Waals surface area contributed by atoms with Crippen molar-refractivity contribution in [2.45, 2.75) is 24.8 Å². The topological polar surface area (TPSA) is 67.2 Å². The maximum absolute atomic E-state index is 11.6. The molecule has 1 aromatic heterocycles. The number of aromatic nitrogens is 2. The van der Waals surface area contributed by atoms with Gasteiger partial charge in [-0.1, -0.05) is 0 Å². The molecular formula is C10H17N3O2S. The smallest absolute Gasteiger partial charge is 0.241 e. The van der Waals surface area contributed by atoms with E-state index in [1.165, 1.54) is 0 Å². The van der Waals surface area contributed by atoms with E-state index in [1.807, 2.05) is 13.2 Å². The molecule has 1 aromatic rings.